The predicted molar refractivity (Wildman–Crippen MR) is 135 cm³/mol. The minimum Gasteiger partial charge on any atom is -0.378 e. The Morgan fingerprint density at radius 2 is 1.97 bits per heavy atom. The number of aryl methyl sites for hydroxylation is 1. The van der Waals surface area contributed by atoms with E-state index in [1.165, 1.54) is 12.1 Å². The van der Waals surface area contributed by atoms with Crippen molar-refractivity contribution in [3.05, 3.63) is 42.4 Å². The van der Waals surface area contributed by atoms with Crippen LogP contribution in [0.25, 0.3) is 22.2 Å². The number of nitriles is 1. The van der Waals surface area contributed by atoms with E-state index in [-0.39, 0.29) is 28.1 Å². The highest BCUT2D eigenvalue weighted by molar-refractivity contribution is 5.95. The first-order chi connectivity index (χ1) is 17.9. The molecule has 3 saturated heterocycles. The number of ether oxygens (including phenoxy) is 1. The Labute approximate surface area is 213 Å². The second-order valence-corrected chi connectivity index (χ2v) is 9.98. The summed E-state index contributed by atoms with van der Waals surface area (Å²) < 4.78 is 22.6. The van der Waals surface area contributed by atoms with Gasteiger partial charge in [0.15, 0.2) is 5.82 Å². The standard InChI is InChI=1S/C26H27FN8O2/c1-3-20(36)35-15-26(16-35)6-7-34(14-26)24-18(12-28)22(30-25(31-24)33-8-10-37-11-9-33)21-19(27)5-4-17-13-29-32(2)23(17)21/h3-5,13H,1,6-11,14-16H2,2H3. The molecule has 0 N–H and O–H groups in total. The van der Waals surface area contributed by atoms with Crippen molar-refractivity contribution in [2.24, 2.45) is 12.5 Å². The number of carbonyl (C=O) groups is 1. The van der Waals surface area contributed by atoms with Gasteiger partial charge in [-0.15, -0.1) is 0 Å². The summed E-state index contributed by atoms with van der Waals surface area (Å²) in [6.07, 6.45) is 3.88. The van der Waals surface area contributed by atoms with E-state index in [0.29, 0.717) is 69.8 Å². The van der Waals surface area contributed by atoms with Gasteiger partial charge in [-0.3, -0.25) is 9.48 Å². The van der Waals surface area contributed by atoms with E-state index >= 15 is 4.39 Å². The molecule has 0 unspecified atom stereocenters. The molecule has 2 aromatic heterocycles. The van der Waals surface area contributed by atoms with Crippen molar-refractivity contribution in [1.82, 2.24) is 24.6 Å². The molecule has 0 radical (unpaired) electrons. The van der Waals surface area contributed by atoms with Crippen LogP contribution in [0, 0.1) is 22.6 Å². The maximum atomic E-state index is 15.5. The third kappa shape index (κ3) is 3.79. The van der Waals surface area contributed by atoms with Crippen LogP contribution >= 0.6 is 0 Å². The first-order valence-corrected chi connectivity index (χ1v) is 12.3. The molecule has 10 nitrogen and oxygen atoms in total. The van der Waals surface area contributed by atoms with Gasteiger partial charge in [-0.1, -0.05) is 6.58 Å². The number of hydrogen-bond donors (Lipinski definition) is 0. The SMILES string of the molecule is C=CC(=O)N1CC2(CCN(c3nc(N4CCOCC4)nc(-c4c(F)ccc5cnn(C)c45)c3C#N)C2)C1. The van der Waals surface area contributed by atoms with Crippen LogP contribution in [0.5, 0.6) is 0 Å². The third-order valence-electron chi connectivity index (χ3n) is 7.65. The van der Waals surface area contributed by atoms with E-state index in [1.807, 2.05) is 4.90 Å². The molecule has 190 valence electrons. The minimum absolute atomic E-state index is 0.0526. The number of halogens is 1. The number of benzene rings is 1. The van der Waals surface area contributed by atoms with Crippen LogP contribution in [-0.2, 0) is 16.6 Å². The van der Waals surface area contributed by atoms with Crippen LogP contribution < -0.4 is 9.80 Å². The molecule has 37 heavy (non-hydrogen) atoms. The van der Waals surface area contributed by atoms with Gasteiger partial charge < -0.3 is 19.4 Å². The fourth-order valence-corrected chi connectivity index (χ4v) is 5.74. The average Bonchev–Trinajstić information content (AvgIpc) is 3.52. The molecule has 0 saturated carbocycles. The van der Waals surface area contributed by atoms with Crippen LogP contribution in [0.4, 0.5) is 16.2 Å². The summed E-state index contributed by atoms with van der Waals surface area (Å²) in [6.45, 7) is 8.50. The van der Waals surface area contributed by atoms with Crippen LogP contribution in [0.3, 0.4) is 0 Å². The van der Waals surface area contributed by atoms with E-state index in [2.05, 4.69) is 22.6 Å². The molecule has 1 aromatic carbocycles. The lowest BCUT2D eigenvalue weighted by Crippen LogP contribution is -2.59. The van der Waals surface area contributed by atoms with Crippen molar-refractivity contribution in [1.29, 1.82) is 5.26 Å². The lowest BCUT2D eigenvalue weighted by molar-refractivity contribution is -0.136. The van der Waals surface area contributed by atoms with E-state index in [1.54, 1.807) is 28.9 Å². The van der Waals surface area contributed by atoms with Crippen molar-refractivity contribution >= 4 is 28.6 Å². The van der Waals surface area contributed by atoms with Crippen molar-refractivity contribution in [3.8, 4) is 17.3 Å². The van der Waals surface area contributed by atoms with Gasteiger partial charge in [0.1, 0.15) is 23.1 Å². The smallest absolute Gasteiger partial charge is 0.245 e. The summed E-state index contributed by atoms with van der Waals surface area (Å²) in [5.41, 5.74) is 1.26. The van der Waals surface area contributed by atoms with Gasteiger partial charge in [0.25, 0.3) is 0 Å². The Hall–Kier alpha value is -4.04. The Morgan fingerprint density at radius 1 is 1.19 bits per heavy atom. The number of carbonyl (C=O) groups excluding carboxylic acids is 1. The van der Waals surface area contributed by atoms with Gasteiger partial charge in [0.05, 0.1) is 30.5 Å². The Morgan fingerprint density at radius 3 is 2.70 bits per heavy atom. The fourth-order valence-electron chi connectivity index (χ4n) is 5.74. The molecule has 3 aliphatic heterocycles. The highest BCUT2D eigenvalue weighted by atomic mass is 19.1. The second-order valence-electron chi connectivity index (χ2n) is 9.98. The number of anilines is 2. The van der Waals surface area contributed by atoms with Gasteiger partial charge >= 0.3 is 0 Å². The fraction of sp³-hybridized carbons (Fsp3) is 0.423. The molecule has 0 aliphatic carbocycles. The summed E-state index contributed by atoms with van der Waals surface area (Å²) in [5, 5.41) is 15.4. The van der Waals surface area contributed by atoms with Crippen LogP contribution in [-0.4, -0.2) is 83.0 Å². The molecule has 1 amide bonds. The van der Waals surface area contributed by atoms with Gasteiger partial charge in [-0.25, -0.2) is 9.37 Å². The van der Waals surface area contributed by atoms with Crippen LogP contribution in [0.15, 0.2) is 31.0 Å². The summed E-state index contributed by atoms with van der Waals surface area (Å²) in [4.78, 5) is 27.6. The van der Waals surface area contributed by atoms with Gasteiger partial charge in [-0.05, 0) is 24.6 Å². The molecule has 5 heterocycles. The first kappa shape index (κ1) is 23.4. The molecule has 1 spiro atoms. The van der Waals surface area contributed by atoms with Crippen LogP contribution in [0.1, 0.15) is 12.0 Å². The van der Waals surface area contributed by atoms with Crippen LogP contribution in [0.2, 0.25) is 0 Å². The highest BCUT2D eigenvalue weighted by Gasteiger charge is 2.49. The zero-order chi connectivity index (χ0) is 25.7. The lowest BCUT2D eigenvalue weighted by Gasteiger charge is -2.47. The Bertz CT molecular complexity index is 1450. The zero-order valence-corrected chi connectivity index (χ0v) is 20.7. The lowest BCUT2D eigenvalue weighted by atomic mass is 9.79. The van der Waals surface area contributed by atoms with Gasteiger partial charge in [0, 0.05) is 57.1 Å². The summed E-state index contributed by atoms with van der Waals surface area (Å²) >= 11 is 0. The largest absolute Gasteiger partial charge is 0.378 e. The maximum absolute atomic E-state index is 15.5. The van der Waals surface area contributed by atoms with E-state index in [4.69, 9.17) is 14.7 Å². The quantitative estimate of drug-likeness (QED) is 0.500. The summed E-state index contributed by atoms with van der Waals surface area (Å²) in [7, 11) is 1.75. The molecule has 3 aromatic rings. The molecular formula is C26H27FN8O2. The minimum atomic E-state index is -0.472. The molecule has 3 aliphatic rings. The number of aromatic nitrogens is 4. The van der Waals surface area contributed by atoms with Crippen molar-refractivity contribution in [2.45, 2.75) is 6.42 Å². The number of hydrogen-bond acceptors (Lipinski definition) is 8. The normalized spacial score (nSPS) is 18.8. The highest BCUT2D eigenvalue weighted by Crippen LogP contribution is 2.43. The monoisotopic (exact) mass is 502 g/mol. The molecule has 0 bridgehead atoms. The Kier molecular flexibility index (Phi) is 5.56. The van der Waals surface area contributed by atoms with Gasteiger partial charge in [0.2, 0.25) is 11.9 Å². The third-order valence-corrected chi connectivity index (χ3v) is 7.65. The molecule has 11 heteroatoms. The number of morpholine rings is 1. The summed E-state index contributed by atoms with van der Waals surface area (Å²) in [5.74, 6) is 0.405. The first-order valence-electron chi connectivity index (χ1n) is 12.3. The average molecular weight is 503 g/mol. The number of rotatable bonds is 4. The number of fused-ring (bicyclic) bond motifs is 1. The van der Waals surface area contributed by atoms with E-state index in [9.17, 15) is 10.1 Å². The zero-order valence-electron chi connectivity index (χ0n) is 20.7. The molecule has 6 rings (SSSR count). The van der Waals surface area contributed by atoms with Gasteiger partial charge in [-0.2, -0.15) is 15.3 Å². The van der Waals surface area contributed by atoms with Crippen molar-refractivity contribution < 1.29 is 13.9 Å². The summed E-state index contributed by atoms with van der Waals surface area (Å²) in [6, 6.07) is 5.35. The molecular weight excluding hydrogens is 475 g/mol. The van der Waals surface area contributed by atoms with E-state index in [0.717, 1.165) is 11.8 Å². The Balaban J connectivity index is 1.47. The molecule has 3 fully saturated rings. The van der Waals surface area contributed by atoms with E-state index < -0.39 is 5.82 Å². The van der Waals surface area contributed by atoms with Crippen molar-refractivity contribution in [3.63, 3.8) is 0 Å². The number of likely N-dealkylation sites (tertiary alicyclic amines) is 1. The maximum Gasteiger partial charge on any atom is 0.245 e. The topological polar surface area (TPSA) is 103 Å². The number of amides is 1. The number of nitrogens with zero attached hydrogens (tertiary/aromatic N) is 8. The van der Waals surface area contributed by atoms with Crippen molar-refractivity contribution in [2.75, 3.05) is 62.3 Å². The molecule has 0 atom stereocenters. The predicted octanol–water partition coefficient (Wildman–Crippen LogP) is 2.10. The second kappa shape index (κ2) is 8.81.